The zero-order valence-corrected chi connectivity index (χ0v) is 12.2. The smallest absolute Gasteiger partial charge is 0.290 e. The minimum Gasteiger partial charge on any atom is -1.00 e. The Balaban J connectivity index is 0.00000200. The fraction of sp³-hybridized carbons (Fsp3) is 0.0714. The van der Waals surface area contributed by atoms with Gasteiger partial charge in [-0.25, -0.2) is 0 Å². The van der Waals surface area contributed by atoms with Gasteiger partial charge in [0.2, 0.25) is 6.54 Å². The Morgan fingerprint density at radius 2 is 1.75 bits per heavy atom. The highest BCUT2D eigenvalue weighted by molar-refractivity contribution is 7.80. The molecule has 0 spiro atoms. The third-order valence-corrected chi connectivity index (χ3v) is 2.79. The summed E-state index contributed by atoms with van der Waals surface area (Å²) in [6.07, 6.45) is 3.69. The van der Waals surface area contributed by atoms with Gasteiger partial charge in [0.25, 0.3) is 5.91 Å². The average Bonchev–Trinajstić information content (AvgIpc) is 2.40. The van der Waals surface area contributed by atoms with Crippen molar-refractivity contribution in [1.29, 1.82) is 0 Å². The fourth-order valence-electron chi connectivity index (χ4n) is 1.62. The maximum absolute atomic E-state index is 11.8. The summed E-state index contributed by atoms with van der Waals surface area (Å²) in [6, 6.07) is 12.8. The SMILES string of the molecule is NC(=S)c1ccc(NC(=O)C[n+]2ccccc2)cc1.[Cl-]. The van der Waals surface area contributed by atoms with Gasteiger partial charge in [0, 0.05) is 23.4 Å². The summed E-state index contributed by atoms with van der Waals surface area (Å²) < 4.78 is 1.80. The lowest BCUT2D eigenvalue weighted by Crippen LogP contribution is -3.00. The number of hydrogen-bond donors (Lipinski definition) is 2. The number of hydrogen-bond acceptors (Lipinski definition) is 2. The Labute approximate surface area is 129 Å². The van der Waals surface area contributed by atoms with Crippen LogP contribution in [0.4, 0.5) is 5.69 Å². The predicted octanol–water partition coefficient (Wildman–Crippen LogP) is -1.75. The maximum atomic E-state index is 11.8. The topological polar surface area (TPSA) is 59.0 Å². The van der Waals surface area contributed by atoms with Crippen molar-refractivity contribution in [3.05, 3.63) is 60.4 Å². The minimum absolute atomic E-state index is 0. The van der Waals surface area contributed by atoms with Crippen LogP contribution in [0.1, 0.15) is 5.56 Å². The van der Waals surface area contributed by atoms with Crippen LogP contribution in [0.15, 0.2) is 54.9 Å². The third kappa shape index (κ3) is 4.60. The highest BCUT2D eigenvalue weighted by atomic mass is 35.5. The van der Waals surface area contributed by atoms with Crippen molar-refractivity contribution in [2.75, 3.05) is 5.32 Å². The van der Waals surface area contributed by atoms with Crippen molar-refractivity contribution in [3.63, 3.8) is 0 Å². The van der Waals surface area contributed by atoms with Crippen molar-refractivity contribution >= 4 is 28.8 Å². The van der Waals surface area contributed by atoms with Crippen molar-refractivity contribution in [2.24, 2.45) is 5.73 Å². The number of carbonyl (C=O) groups excluding carboxylic acids is 1. The van der Waals surface area contributed by atoms with Crippen LogP contribution in [0.2, 0.25) is 0 Å². The number of anilines is 1. The number of halogens is 1. The largest absolute Gasteiger partial charge is 1.00 e. The van der Waals surface area contributed by atoms with Gasteiger partial charge < -0.3 is 23.5 Å². The standard InChI is InChI=1S/C14H13N3OS.ClH/c15-14(19)11-4-6-12(7-5-11)16-13(18)10-17-8-2-1-3-9-17;/h1-9H,10H2,(H2-,15,16,18,19);1H. The molecule has 0 radical (unpaired) electrons. The Morgan fingerprint density at radius 3 is 2.30 bits per heavy atom. The molecule has 0 saturated carbocycles. The summed E-state index contributed by atoms with van der Waals surface area (Å²) in [4.78, 5) is 12.2. The van der Waals surface area contributed by atoms with Crippen LogP contribution < -0.4 is 28.0 Å². The number of nitrogens with zero attached hydrogens (tertiary/aromatic N) is 1. The monoisotopic (exact) mass is 307 g/mol. The summed E-state index contributed by atoms with van der Waals surface area (Å²) in [6.45, 7) is 0.276. The van der Waals surface area contributed by atoms with Crippen LogP contribution in [0.3, 0.4) is 0 Å². The summed E-state index contributed by atoms with van der Waals surface area (Å²) in [5, 5.41) is 2.81. The molecule has 4 nitrogen and oxygen atoms in total. The summed E-state index contributed by atoms with van der Waals surface area (Å²) in [5.41, 5.74) is 7.01. The molecule has 104 valence electrons. The molecule has 20 heavy (non-hydrogen) atoms. The Kier molecular flexibility index (Phi) is 6.09. The molecular formula is C14H14ClN3OS. The fourth-order valence-corrected chi connectivity index (χ4v) is 1.76. The van der Waals surface area contributed by atoms with Gasteiger partial charge >= 0.3 is 0 Å². The van der Waals surface area contributed by atoms with Gasteiger partial charge in [-0.3, -0.25) is 4.79 Å². The summed E-state index contributed by atoms with van der Waals surface area (Å²) in [5.74, 6) is -0.0840. The molecule has 2 aromatic rings. The zero-order valence-electron chi connectivity index (χ0n) is 10.6. The summed E-state index contributed by atoms with van der Waals surface area (Å²) >= 11 is 4.87. The molecule has 0 saturated heterocycles. The van der Waals surface area contributed by atoms with Gasteiger partial charge in [-0.1, -0.05) is 18.3 Å². The second-order valence-electron chi connectivity index (χ2n) is 4.04. The molecule has 0 aliphatic rings. The number of nitrogens with one attached hydrogen (secondary N) is 1. The number of nitrogens with two attached hydrogens (primary N) is 1. The number of aromatic nitrogens is 1. The number of rotatable bonds is 4. The first kappa shape index (κ1) is 16.1. The van der Waals surface area contributed by atoms with E-state index in [-0.39, 0.29) is 24.9 Å². The van der Waals surface area contributed by atoms with E-state index < -0.39 is 0 Å². The molecule has 0 aliphatic heterocycles. The van der Waals surface area contributed by atoms with Gasteiger partial charge in [0.1, 0.15) is 4.99 Å². The quantitative estimate of drug-likeness (QED) is 0.520. The molecule has 0 aliphatic carbocycles. The molecule has 0 fully saturated rings. The van der Waals surface area contributed by atoms with Gasteiger partial charge in [-0.2, -0.15) is 4.57 Å². The predicted molar refractivity (Wildman–Crippen MR) is 77.6 cm³/mol. The molecule has 2 rings (SSSR count). The number of amides is 1. The van der Waals surface area contributed by atoms with Crippen LogP contribution in [-0.4, -0.2) is 10.9 Å². The van der Waals surface area contributed by atoms with Gasteiger partial charge in [0.05, 0.1) is 0 Å². The Bertz CT molecular complexity index is 587. The third-order valence-electron chi connectivity index (χ3n) is 2.56. The van der Waals surface area contributed by atoms with Crippen LogP contribution in [-0.2, 0) is 11.3 Å². The van der Waals surface area contributed by atoms with E-state index in [0.29, 0.717) is 4.99 Å². The molecule has 3 N–H and O–H groups in total. The molecule has 1 heterocycles. The number of benzene rings is 1. The first-order valence-electron chi connectivity index (χ1n) is 5.79. The molecule has 0 atom stereocenters. The lowest BCUT2D eigenvalue weighted by atomic mass is 10.2. The second-order valence-corrected chi connectivity index (χ2v) is 4.48. The van der Waals surface area contributed by atoms with E-state index >= 15 is 0 Å². The van der Waals surface area contributed by atoms with Crippen LogP contribution >= 0.6 is 12.2 Å². The van der Waals surface area contributed by atoms with Crippen molar-refractivity contribution in [2.45, 2.75) is 6.54 Å². The highest BCUT2D eigenvalue weighted by Gasteiger charge is 2.08. The van der Waals surface area contributed by atoms with Crippen molar-refractivity contribution in [3.8, 4) is 0 Å². The first-order chi connectivity index (χ1) is 9.15. The van der Waals surface area contributed by atoms with Gasteiger partial charge in [-0.05, 0) is 24.3 Å². The minimum atomic E-state index is -0.0840. The lowest BCUT2D eigenvalue weighted by molar-refractivity contribution is -0.684. The molecular weight excluding hydrogens is 294 g/mol. The van der Waals surface area contributed by atoms with E-state index in [2.05, 4.69) is 5.32 Å². The lowest BCUT2D eigenvalue weighted by Gasteiger charge is -2.04. The second kappa shape index (κ2) is 7.57. The van der Waals surface area contributed by atoms with Crippen LogP contribution in [0, 0.1) is 0 Å². The molecule has 6 heteroatoms. The molecule has 1 amide bonds. The summed E-state index contributed by atoms with van der Waals surface area (Å²) in [7, 11) is 0. The van der Waals surface area contributed by atoms with Crippen molar-refractivity contribution in [1.82, 2.24) is 0 Å². The van der Waals surface area contributed by atoms with E-state index in [9.17, 15) is 4.79 Å². The van der Waals surface area contributed by atoms with Crippen molar-refractivity contribution < 1.29 is 21.8 Å². The molecule has 1 aromatic carbocycles. The average molecular weight is 308 g/mol. The van der Waals surface area contributed by atoms with Crippen LogP contribution in [0.25, 0.3) is 0 Å². The van der Waals surface area contributed by atoms with Crippen LogP contribution in [0.5, 0.6) is 0 Å². The maximum Gasteiger partial charge on any atom is 0.290 e. The zero-order chi connectivity index (χ0) is 13.7. The first-order valence-corrected chi connectivity index (χ1v) is 6.20. The number of thiocarbonyl (C=S) groups is 1. The number of carbonyl (C=O) groups is 1. The van der Waals surface area contributed by atoms with Gasteiger partial charge in [-0.15, -0.1) is 0 Å². The number of pyridine rings is 1. The Hall–Kier alpha value is -1.98. The van der Waals surface area contributed by atoms with E-state index in [1.165, 1.54) is 0 Å². The van der Waals surface area contributed by atoms with E-state index in [1.54, 1.807) is 28.8 Å². The van der Waals surface area contributed by atoms with Gasteiger partial charge in [0.15, 0.2) is 12.4 Å². The molecule has 0 unspecified atom stereocenters. The highest BCUT2D eigenvalue weighted by Crippen LogP contribution is 2.09. The van der Waals surface area contributed by atoms with E-state index in [1.807, 2.05) is 30.6 Å². The molecule has 1 aromatic heterocycles. The normalized spacial score (nSPS) is 9.40. The van der Waals surface area contributed by atoms with E-state index in [0.717, 1.165) is 11.3 Å². The molecule has 0 bridgehead atoms. The van der Waals surface area contributed by atoms with E-state index in [4.69, 9.17) is 18.0 Å². The Morgan fingerprint density at radius 1 is 1.15 bits per heavy atom.